The van der Waals surface area contributed by atoms with Crippen molar-refractivity contribution < 1.29 is 8.42 Å². The quantitative estimate of drug-likeness (QED) is 0.667. The second kappa shape index (κ2) is 7.64. The molecular weight excluding hydrogens is 366 g/mol. The van der Waals surface area contributed by atoms with Crippen molar-refractivity contribution in [1.82, 2.24) is 4.90 Å². The van der Waals surface area contributed by atoms with Gasteiger partial charge in [0.25, 0.3) is 0 Å². The Balaban J connectivity index is 1.38. The maximum atomic E-state index is 13.0. The van der Waals surface area contributed by atoms with Crippen LogP contribution in [-0.2, 0) is 9.84 Å². The van der Waals surface area contributed by atoms with Gasteiger partial charge in [0, 0.05) is 12.6 Å². The van der Waals surface area contributed by atoms with E-state index in [0.29, 0.717) is 23.3 Å². The molecule has 2 aromatic carbocycles. The lowest BCUT2D eigenvalue weighted by Crippen LogP contribution is -2.39. The van der Waals surface area contributed by atoms with Gasteiger partial charge in [0.15, 0.2) is 9.84 Å². The maximum absolute atomic E-state index is 13.0. The lowest BCUT2D eigenvalue weighted by atomic mass is 9.90. The lowest BCUT2D eigenvalue weighted by molar-refractivity contribution is 0.187. The third-order valence-electron chi connectivity index (χ3n) is 6.82. The molecule has 2 aliphatic rings. The van der Waals surface area contributed by atoms with Crippen molar-refractivity contribution in [2.45, 2.75) is 61.1 Å². The number of likely N-dealkylation sites (tertiary alicyclic amines) is 1. The van der Waals surface area contributed by atoms with E-state index in [9.17, 15) is 8.42 Å². The number of piperidine rings is 1. The molecular formula is C24H31NO2S. The van der Waals surface area contributed by atoms with Crippen molar-refractivity contribution in [1.29, 1.82) is 0 Å². The van der Waals surface area contributed by atoms with Crippen LogP contribution in [0.2, 0.25) is 0 Å². The first-order valence-electron chi connectivity index (χ1n) is 10.5. The highest BCUT2D eigenvalue weighted by Gasteiger charge is 2.45. The van der Waals surface area contributed by atoms with E-state index in [1.165, 1.54) is 24.9 Å². The van der Waals surface area contributed by atoms with Crippen LogP contribution in [0.1, 0.15) is 51.0 Å². The van der Waals surface area contributed by atoms with E-state index in [2.05, 4.69) is 35.2 Å². The van der Waals surface area contributed by atoms with Crippen molar-refractivity contribution in [3.8, 4) is 0 Å². The number of rotatable bonds is 7. The van der Waals surface area contributed by atoms with Crippen LogP contribution in [0.4, 0.5) is 0 Å². The lowest BCUT2D eigenvalue weighted by Gasteiger charge is -2.34. The zero-order chi connectivity index (χ0) is 19.8. The van der Waals surface area contributed by atoms with Crippen molar-refractivity contribution >= 4 is 9.84 Å². The summed E-state index contributed by atoms with van der Waals surface area (Å²) < 4.78 is 25.3. The van der Waals surface area contributed by atoms with Crippen LogP contribution in [0.5, 0.6) is 0 Å². The van der Waals surface area contributed by atoms with E-state index in [4.69, 9.17) is 0 Å². The van der Waals surface area contributed by atoms with E-state index in [1.807, 2.05) is 19.9 Å². The molecule has 3 nitrogen and oxygen atoms in total. The smallest absolute Gasteiger partial charge is 0.183 e. The summed E-state index contributed by atoms with van der Waals surface area (Å²) in [5.74, 6) is 1.44. The van der Waals surface area contributed by atoms with Crippen LogP contribution in [-0.4, -0.2) is 37.2 Å². The average molecular weight is 398 g/mol. The highest BCUT2D eigenvalue weighted by atomic mass is 32.2. The summed E-state index contributed by atoms with van der Waals surface area (Å²) >= 11 is 0. The Morgan fingerprint density at radius 1 is 0.964 bits per heavy atom. The molecule has 2 aromatic rings. The molecule has 0 radical (unpaired) electrons. The predicted octanol–water partition coefficient (Wildman–Crippen LogP) is 4.90. The minimum absolute atomic E-state index is 0.435. The molecule has 0 spiro atoms. The number of hydrogen-bond acceptors (Lipinski definition) is 3. The van der Waals surface area contributed by atoms with Gasteiger partial charge in [-0.25, -0.2) is 8.42 Å². The van der Waals surface area contributed by atoms with Gasteiger partial charge in [-0.1, -0.05) is 48.5 Å². The molecule has 150 valence electrons. The first-order valence-corrected chi connectivity index (χ1v) is 12.0. The van der Waals surface area contributed by atoms with Crippen molar-refractivity contribution in [3.05, 3.63) is 66.2 Å². The zero-order valence-electron chi connectivity index (χ0n) is 16.9. The Labute approximate surface area is 169 Å². The topological polar surface area (TPSA) is 37.4 Å². The molecule has 1 aliphatic carbocycles. The molecule has 2 bridgehead atoms. The van der Waals surface area contributed by atoms with Gasteiger partial charge in [-0.15, -0.1) is 0 Å². The minimum Gasteiger partial charge on any atom is -0.299 e. The Hall–Kier alpha value is -1.65. The van der Waals surface area contributed by atoms with E-state index >= 15 is 0 Å². The fourth-order valence-electron chi connectivity index (χ4n) is 5.21. The summed E-state index contributed by atoms with van der Waals surface area (Å²) in [5, 5.41) is 0. The molecule has 1 heterocycles. The Morgan fingerprint density at radius 3 is 2.25 bits per heavy atom. The van der Waals surface area contributed by atoms with Gasteiger partial charge in [-0.2, -0.15) is 0 Å². The average Bonchev–Trinajstić information content (AvgIpc) is 3.30. The Morgan fingerprint density at radius 2 is 1.61 bits per heavy atom. The van der Waals surface area contributed by atoms with Gasteiger partial charge in [0.05, 0.1) is 9.64 Å². The van der Waals surface area contributed by atoms with Gasteiger partial charge >= 0.3 is 0 Å². The van der Waals surface area contributed by atoms with Gasteiger partial charge in [-0.05, 0) is 75.6 Å². The summed E-state index contributed by atoms with van der Waals surface area (Å²) in [7, 11) is -3.32. The van der Waals surface area contributed by atoms with Gasteiger partial charge < -0.3 is 0 Å². The number of benzene rings is 2. The van der Waals surface area contributed by atoms with Crippen LogP contribution >= 0.6 is 0 Å². The number of sulfone groups is 1. The van der Waals surface area contributed by atoms with Crippen LogP contribution in [0.3, 0.4) is 0 Å². The van der Waals surface area contributed by atoms with Crippen LogP contribution < -0.4 is 0 Å². The largest absolute Gasteiger partial charge is 0.299 e. The molecule has 1 aliphatic heterocycles. The van der Waals surface area contributed by atoms with Gasteiger partial charge in [-0.3, -0.25) is 4.90 Å². The number of nitrogens with zero attached hydrogens (tertiary/aromatic N) is 1. The van der Waals surface area contributed by atoms with E-state index in [0.717, 1.165) is 18.9 Å². The molecule has 0 aromatic heterocycles. The predicted molar refractivity (Wildman–Crippen MR) is 114 cm³/mol. The highest BCUT2D eigenvalue weighted by Crippen LogP contribution is 2.47. The van der Waals surface area contributed by atoms with E-state index in [-0.39, 0.29) is 0 Å². The number of fused-ring (bicyclic) bond motifs is 2. The molecule has 3 atom stereocenters. The fourth-order valence-corrected chi connectivity index (χ4v) is 6.78. The second-order valence-corrected chi connectivity index (χ2v) is 11.7. The summed E-state index contributed by atoms with van der Waals surface area (Å²) in [4.78, 5) is 3.06. The molecule has 1 unspecified atom stereocenters. The Bertz CT molecular complexity index is 893. The molecule has 28 heavy (non-hydrogen) atoms. The van der Waals surface area contributed by atoms with E-state index in [1.54, 1.807) is 24.3 Å². The standard InChI is InChI=1S/C24H31NO2S/c1-24(2,28(26,27)21-12-7-4-8-13-21)14-9-15-25-18-19-16-22(23(25)17-19)20-10-5-3-6-11-20/h3-8,10-13,19,22-23H,9,14-18H2,1-2H3/t19-,22?,23-/m0/s1. The SMILES string of the molecule is CC(C)(CCCN1C[C@H]2CC(c3ccccc3)[C@@H]1C2)S(=O)(=O)c1ccccc1. The number of hydrogen-bond donors (Lipinski definition) is 0. The molecule has 1 saturated carbocycles. The van der Waals surface area contributed by atoms with E-state index < -0.39 is 14.6 Å². The molecule has 2 fully saturated rings. The zero-order valence-corrected chi connectivity index (χ0v) is 17.7. The fraction of sp³-hybridized carbons (Fsp3) is 0.500. The van der Waals surface area contributed by atoms with Crippen LogP contribution in [0, 0.1) is 5.92 Å². The van der Waals surface area contributed by atoms with Crippen molar-refractivity contribution in [3.63, 3.8) is 0 Å². The second-order valence-electron chi connectivity index (χ2n) is 9.10. The molecule has 1 saturated heterocycles. The molecule has 0 amide bonds. The molecule has 4 heteroatoms. The van der Waals surface area contributed by atoms with Gasteiger partial charge in [0.1, 0.15) is 0 Å². The monoisotopic (exact) mass is 397 g/mol. The van der Waals surface area contributed by atoms with Gasteiger partial charge in [0.2, 0.25) is 0 Å². The molecule has 0 N–H and O–H groups in total. The third kappa shape index (κ3) is 3.65. The maximum Gasteiger partial charge on any atom is 0.183 e. The Kier molecular flexibility index (Phi) is 5.36. The normalized spacial score (nSPS) is 25.3. The van der Waals surface area contributed by atoms with Crippen molar-refractivity contribution in [2.75, 3.05) is 13.1 Å². The first kappa shape index (κ1) is 19.7. The summed E-state index contributed by atoms with van der Waals surface area (Å²) in [6.07, 6.45) is 4.21. The van der Waals surface area contributed by atoms with Crippen LogP contribution in [0.15, 0.2) is 65.6 Å². The van der Waals surface area contributed by atoms with Crippen LogP contribution in [0.25, 0.3) is 0 Å². The molecule has 4 rings (SSSR count). The summed E-state index contributed by atoms with van der Waals surface area (Å²) in [6, 6.07) is 20.4. The minimum atomic E-state index is -3.32. The summed E-state index contributed by atoms with van der Waals surface area (Å²) in [6.45, 7) is 5.93. The first-order chi connectivity index (χ1) is 13.4. The third-order valence-corrected chi connectivity index (χ3v) is 9.37. The highest BCUT2D eigenvalue weighted by molar-refractivity contribution is 7.92. The summed E-state index contributed by atoms with van der Waals surface area (Å²) in [5.41, 5.74) is 1.46. The van der Waals surface area contributed by atoms with Crippen molar-refractivity contribution in [2.24, 2.45) is 5.92 Å².